The average molecular weight is 377 g/mol. The van der Waals surface area contributed by atoms with Gasteiger partial charge in [0.15, 0.2) is 0 Å². The van der Waals surface area contributed by atoms with Crippen molar-refractivity contribution in [1.29, 1.82) is 0 Å². The van der Waals surface area contributed by atoms with Crippen molar-refractivity contribution in [2.75, 3.05) is 6.54 Å². The Bertz CT molecular complexity index is 958. The summed E-state index contributed by atoms with van der Waals surface area (Å²) < 4.78 is 1.48. The number of rotatable bonds is 3. The maximum Gasteiger partial charge on any atom is 0.271 e. The third-order valence-electron chi connectivity index (χ3n) is 6.72. The van der Waals surface area contributed by atoms with Gasteiger partial charge in [-0.25, -0.2) is 0 Å². The van der Waals surface area contributed by atoms with E-state index in [0.717, 1.165) is 24.9 Å². The van der Waals surface area contributed by atoms with Crippen LogP contribution in [-0.4, -0.2) is 28.0 Å². The molecule has 1 aromatic carbocycles. The largest absolute Gasteiger partial charge is 0.334 e. The molecular weight excluding hydrogens is 348 g/mol. The van der Waals surface area contributed by atoms with Gasteiger partial charge in [-0.15, -0.1) is 0 Å². The molecule has 0 N–H and O–H groups in total. The van der Waals surface area contributed by atoms with Crippen molar-refractivity contribution >= 4 is 17.7 Å². The highest BCUT2D eigenvalue weighted by Crippen LogP contribution is 2.49. The second-order valence-electron chi connectivity index (χ2n) is 8.96. The van der Waals surface area contributed by atoms with E-state index >= 15 is 0 Å². The van der Waals surface area contributed by atoms with Gasteiger partial charge in [0.2, 0.25) is 0 Å². The SMILES string of the molecule is CC1C2CC(CN2C(=O)C(=Cc2ccccc2)n2ccccc2=O)CC1(C)C. The molecule has 1 saturated heterocycles. The quantitative estimate of drug-likeness (QED) is 0.756. The maximum absolute atomic E-state index is 13.7. The molecule has 28 heavy (non-hydrogen) atoms. The average Bonchev–Trinajstić information content (AvgIpc) is 3.05. The van der Waals surface area contributed by atoms with Crippen LogP contribution in [0.25, 0.3) is 11.8 Å². The summed E-state index contributed by atoms with van der Waals surface area (Å²) in [6.45, 7) is 7.67. The van der Waals surface area contributed by atoms with Crippen molar-refractivity contribution in [3.63, 3.8) is 0 Å². The van der Waals surface area contributed by atoms with Crippen LogP contribution in [0.1, 0.15) is 39.2 Å². The zero-order valence-electron chi connectivity index (χ0n) is 16.8. The predicted octanol–water partition coefficient (Wildman–Crippen LogP) is 4.13. The molecule has 146 valence electrons. The van der Waals surface area contributed by atoms with Crippen LogP contribution in [0, 0.1) is 17.3 Å². The van der Waals surface area contributed by atoms with Crippen LogP contribution in [0.2, 0.25) is 0 Å². The van der Waals surface area contributed by atoms with E-state index in [2.05, 4.69) is 20.8 Å². The summed E-state index contributed by atoms with van der Waals surface area (Å²) in [5.41, 5.74) is 1.38. The summed E-state index contributed by atoms with van der Waals surface area (Å²) in [6.07, 6.45) is 5.74. The summed E-state index contributed by atoms with van der Waals surface area (Å²) in [6, 6.07) is 15.0. The smallest absolute Gasteiger partial charge is 0.271 e. The van der Waals surface area contributed by atoms with Crippen LogP contribution in [0.4, 0.5) is 0 Å². The normalized spacial score (nSPS) is 26.3. The molecule has 1 aliphatic heterocycles. The number of carbonyl (C=O) groups is 1. The molecule has 0 radical (unpaired) electrons. The molecule has 3 atom stereocenters. The number of nitrogens with zero attached hydrogens (tertiary/aromatic N) is 2. The molecule has 4 rings (SSSR count). The fourth-order valence-electron chi connectivity index (χ4n) is 4.98. The number of likely N-dealkylation sites (tertiary alicyclic amines) is 1. The molecule has 1 aliphatic carbocycles. The zero-order chi connectivity index (χ0) is 19.9. The Balaban J connectivity index is 1.76. The highest BCUT2D eigenvalue weighted by molar-refractivity contribution is 6.18. The van der Waals surface area contributed by atoms with Crippen molar-refractivity contribution in [3.05, 3.63) is 70.6 Å². The van der Waals surface area contributed by atoms with Gasteiger partial charge in [-0.05, 0) is 47.8 Å². The lowest BCUT2D eigenvalue weighted by Crippen LogP contribution is -2.45. The van der Waals surface area contributed by atoms with Gasteiger partial charge in [-0.2, -0.15) is 0 Å². The van der Waals surface area contributed by atoms with E-state index in [1.165, 1.54) is 10.6 Å². The monoisotopic (exact) mass is 376 g/mol. The van der Waals surface area contributed by atoms with Gasteiger partial charge in [0, 0.05) is 24.8 Å². The Morgan fingerprint density at radius 1 is 1.11 bits per heavy atom. The van der Waals surface area contributed by atoms with Gasteiger partial charge in [0.25, 0.3) is 11.5 Å². The summed E-state index contributed by atoms with van der Waals surface area (Å²) in [4.78, 5) is 28.2. The topological polar surface area (TPSA) is 42.3 Å². The van der Waals surface area contributed by atoms with Crippen LogP contribution < -0.4 is 5.56 Å². The molecule has 2 bridgehead atoms. The van der Waals surface area contributed by atoms with Gasteiger partial charge in [0.1, 0.15) is 5.70 Å². The molecule has 1 aromatic heterocycles. The van der Waals surface area contributed by atoms with E-state index in [1.807, 2.05) is 41.3 Å². The number of amides is 1. The van der Waals surface area contributed by atoms with E-state index in [9.17, 15) is 9.59 Å². The van der Waals surface area contributed by atoms with E-state index in [0.29, 0.717) is 17.5 Å². The number of aromatic nitrogens is 1. The second-order valence-corrected chi connectivity index (χ2v) is 8.96. The van der Waals surface area contributed by atoms with Crippen molar-refractivity contribution in [3.8, 4) is 0 Å². The first-order valence-corrected chi connectivity index (χ1v) is 10.1. The lowest BCUT2D eigenvalue weighted by molar-refractivity contribution is -0.127. The summed E-state index contributed by atoms with van der Waals surface area (Å²) in [5, 5.41) is 0. The molecule has 3 unspecified atom stereocenters. The fraction of sp³-hybridized carbons (Fsp3) is 0.417. The molecule has 0 spiro atoms. The number of benzene rings is 1. The molecular formula is C24H28N2O2. The minimum absolute atomic E-state index is 0.0470. The van der Waals surface area contributed by atoms with Crippen molar-refractivity contribution in [1.82, 2.24) is 9.47 Å². The molecule has 2 fully saturated rings. The molecule has 4 heteroatoms. The standard InChI is InChI=1S/C24H28N2O2/c1-17-20-14-19(15-24(17,2)3)16-26(20)23(28)21(13-18-9-5-4-6-10-18)25-12-8-7-11-22(25)27/h4-13,17,19-20H,14-16H2,1-3H3. The number of pyridine rings is 1. The zero-order valence-corrected chi connectivity index (χ0v) is 16.8. The Labute approximate surface area is 166 Å². The van der Waals surface area contributed by atoms with Gasteiger partial charge < -0.3 is 4.90 Å². The van der Waals surface area contributed by atoms with Crippen molar-refractivity contribution in [2.45, 2.75) is 39.7 Å². The first-order valence-electron chi connectivity index (χ1n) is 10.1. The molecule has 2 heterocycles. The Hall–Kier alpha value is -2.62. The first kappa shape index (κ1) is 18.7. The van der Waals surface area contributed by atoms with Crippen LogP contribution in [0.3, 0.4) is 0 Å². The highest BCUT2D eigenvalue weighted by atomic mass is 16.2. The summed E-state index contributed by atoms with van der Waals surface area (Å²) in [5.74, 6) is 0.931. The lowest BCUT2D eigenvalue weighted by atomic mass is 9.65. The maximum atomic E-state index is 13.7. The Kier molecular flexibility index (Phi) is 4.74. The third kappa shape index (κ3) is 3.32. The van der Waals surface area contributed by atoms with E-state index in [1.54, 1.807) is 18.3 Å². The summed E-state index contributed by atoms with van der Waals surface area (Å²) in [7, 11) is 0. The van der Waals surface area contributed by atoms with Crippen molar-refractivity contribution in [2.24, 2.45) is 17.3 Å². The van der Waals surface area contributed by atoms with Gasteiger partial charge in [0.05, 0.1) is 0 Å². The minimum atomic E-state index is -0.187. The molecule has 1 amide bonds. The van der Waals surface area contributed by atoms with Crippen LogP contribution in [0.5, 0.6) is 0 Å². The Morgan fingerprint density at radius 3 is 2.54 bits per heavy atom. The second kappa shape index (κ2) is 7.08. The molecule has 2 aliphatic rings. The number of fused-ring (bicyclic) bond motifs is 2. The molecule has 1 saturated carbocycles. The number of carbonyl (C=O) groups excluding carboxylic acids is 1. The van der Waals surface area contributed by atoms with Crippen LogP contribution in [0.15, 0.2) is 59.5 Å². The predicted molar refractivity (Wildman–Crippen MR) is 112 cm³/mol. The van der Waals surface area contributed by atoms with Crippen molar-refractivity contribution < 1.29 is 4.79 Å². The van der Waals surface area contributed by atoms with Crippen LogP contribution >= 0.6 is 0 Å². The highest BCUT2D eigenvalue weighted by Gasteiger charge is 2.49. The van der Waals surface area contributed by atoms with E-state index in [-0.39, 0.29) is 22.9 Å². The Morgan fingerprint density at radius 2 is 1.82 bits per heavy atom. The van der Waals surface area contributed by atoms with Crippen LogP contribution in [-0.2, 0) is 4.79 Å². The van der Waals surface area contributed by atoms with Gasteiger partial charge >= 0.3 is 0 Å². The van der Waals surface area contributed by atoms with Gasteiger partial charge in [-0.3, -0.25) is 14.2 Å². The number of hydrogen-bond acceptors (Lipinski definition) is 2. The fourth-order valence-corrected chi connectivity index (χ4v) is 4.98. The first-order chi connectivity index (χ1) is 13.4. The van der Waals surface area contributed by atoms with E-state index < -0.39 is 0 Å². The third-order valence-corrected chi connectivity index (χ3v) is 6.72. The lowest BCUT2D eigenvalue weighted by Gasteiger charge is -2.42. The van der Waals surface area contributed by atoms with E-state index in [4.69, 9.17) is 0 Å². The molecule has 2 aromatic rings. The number of hydrogen-bond donors (Lipinski definition) is 0. The summed E-state index contributed by atoms with van der Waals surface area (Å²) >= 11 is 0. The molecule has 4 nitrogen and oxygen atoms in total. The minimum Gasteiger partial charge on any atom is -0.334 e. The van der Waals surface area contributed by atoms with Gasteiger partial charge in [-0.1, -0.05) is 57.2 Å².